The minimum absolute atomic E-state index is 0.0375. The average Bonchev–Trinajstić information content (AvgIpc) is 3.25. The summed E-state index contributed by atoms with van der Waals surface area (Å²) in [5.74, 6) is 0.513. The van der Waals surface area contributed by atoms with E-state index in [0.29, 0.717) is 6.04 Å². The van der Waals surface area contributed by atoms with Crippen molar-refractivity contribution in [1.29, 1.82) is 0 Å². The summed E-state index contributed by atoms with van der Waals surface area (Å²) in [5.41, 5.74) is 5.94. The van der Waals surface area contributed by atoms with E-state index < -0.39 is 11.7 Å². The number of nitrogens with one attached hydrogen (secondary N) is 1. The first-order valence-electron chi connectivity index (χ1n) is 7.49. The number of primary amides is 1. The summed E-state index contributed by atoms with van der Waals surface area (Å²) < 4.78 is 13.4. The summed E-state index contributed by atoms with van der Waals surface area (Å²) in [5, 5.41) is 3.44. The van der Waals surface area contributed by atoms with Crippen LogP contribution in [0.5, 0.6) is 0 Å². The number of hydrogen-bond acceptors (Lipinski definition) is 2. The molecule has 2 unspecified atom stereocenters. The maximum atomic E-state index is 13.4. The van der Waals surface area contributed by atoms with Crippen LogP contribution in [-0.4, -0.2) is 11.9 Å². The molecule has 2 atom stereocenters. The van der Waals surface area contributed by atoms with Crippen LogP contribution in [0.15, 0.2) is 18.2 Å². The molecule has 3 N–H and O–H groups in total. The van der Waals surface area contributed by atoms with Gasteiger partial charge in [-0.05, 0) is 55.7 Å². The van der Waals surface area contributed by atoms with Crippen molar-refractivity contribution in [3.8, 4) is 0 Å². The van der Waals surface area contributed by atoms with Crippen LogP contribution >= 0.6 is 0 Å². The molecule has 3 nitrogen and oxygen atoms in total. The predicted octanol–water partition coefficient (Wildman–Crippen LogP) is 3.31. The number of amides is 1. The predicted molar refractivity (Wildman–Crippen MR) is 77.0 cm³/mol. The molecule has 0 aliphatic heterocycles. The molecule has 1 aromatic rings. The fourth-order valence-corrected chi connectivity index (χ4v) is 3.39. The molecular formula is C16H21FN2O. The van der Waals surface area contributed by atoms with Crippen molar-refractivity contribution in [2.24, 2.45) is 17.6 Å². The van der Waals surface area contributed by atoms with E-state index in [9.17, 15) is 9.18 Å². The SMILES string of the molecule is NC(=O)c1cc(NC2CCCC(C3CC3)C2)ccc1F. The lowest BCUT2D eigenvalue weighted by molar-refractivity contribution is 0.0996. The Kier molecular flexibility index (Phi) is 3.64. The molecular weight excluding hydrogens is 255 g/mol. The number of nitrogens with two attached hydrogens (primary N) is 1. The molecule has 0 radical (unpaired) electrons. The molecule has 4 heteroatoms. The zero-order valence-electron chi connectivity index (χ0n) is 11.6. The molecule has 2 aliphatic carbocycles. The minimum atomic E-state index is -0.717. The van der Waals surface area contributed by atoms with Gasteiger partial charge in [0.05, 0.1) is 5.56 Å². The van der Waals surface area contributed by atoms with Gasteiger partial charge in [-0.2, -0.15) is 0 Å². The molecule has 0 spiro atoms. The molecule has 3 rings (SSSR count). The number of benzene rings is 1. The van der Waals surface area contributed by atoms with Gasteiger partial charge in [0.2, 0.25) is 0 Å². The quantitative estimate of drug-likeness (QED) is 0.886. The van der Waals surface area contributed by atoms with Crippen molar-refractivity contribution in [3.05, 3.63) is 29.6 Å². The highest BCUT2D eigenvalue weighted by atomic mass is 19.1. The molecule has 0 heterocycles. The monoisotopic (exact) mass is 276 g/mol. The van der Waals surface area contributed by atoms with Gasteiger partial charge in [0.15, 0.2) is 0 Å². The fraction of sp³-hybridized carbons (Fsp3) is 0.562. The van der Waals surface area contributed by atoms with E-state index in [0.717, 1.165) is 23.9 Å². The van der Waals surface area contributed by atoms with Crippen molar-refractivity contribution in [3.63, 3.8) is 0 Å². The highest BCUT2D eigenvalue weighted by Crippen LogP contribution is 2.44. The maximum Gasteiger partial charge on any atom is 0.251 e. The van der Waals surface area contributed by atoms with Crippen molar-refractivity contribution in [2.45, 2.75) is 44.6 Å². The number of hydrogen-bond donors (Lipinski definition) is 2. The Balaban J connectivity index is 1.67. The Hall–Kier alpha value is -1.58. The van der Waals surface area contributed by atoms with Crippen LogP contribution in [0.25, 0.3) is 0 Å². The van der Waals surface area contributed by atoms with Crippen LogP contribution in [0.1, 0.15) is 48.9 Å². The van der Waals surface area contributed by atoms with Gasteiger partial charge in [0, 0.05) is 11.7 Å². The normalized spacial score (nSPS) is 26.2. The second-order valence-electron chi connectivity index (χ2n) is 6.16. The van der Waals surface area contributed by atoms with Gasteiger partial charge < -0.3 is 11.1 Å². The van der Waals surface area contributed by atoms with Crippen LogP contribution < -0.4 is 11.1 Å². The molecule has 0 saturated heterocycles. The van der Waals surface area contributed by atoms with E-state index in [4.69, 9.17) is 5.73 Å². The van der Waals surface area contributed by atoms with Crippen LogP contribution in [-0.2, 0) is 0 Å². The lowest BCUT2D eigenvalue weighted by Gasteiger charge is -2.30. The van der Waals surface area contributed by atoms with E-state index in [2.05, 4.69) is 5.32 Å². The molecule has 108 valence electrons. The van der Waals surface area contributed by atoms with Crippen LogP contribution in [0.4, 0.5) is 10.1 Å². The van der Waals surface area contributed by atoms with E-state index in [1.165, 1.54) is 44.2 Å². The summed E-state index contributed by atoms with van der Waals surface area (Å²) in [6.07, 6.45) is 7.71. The first-order chi connectivity index (χ1) is 9.63. The van der Waals surface area contributed by atoms with Gasteiger partial charge in [-0.15, -0.1) is 0 Å². The molecule has 20 heavy (non-hydrogen) atoms. The summed E-state index contributed by atoms with van der Waals surface area (Å²) in [6.45, 7) is 0. The fourth-order valence-electron chi connectivity index (χ4n) is 3.39. The third-order valence-corrected chi connectivity index (χ3v) is 4.61. The van der Waals surface area contributed by atoms with Crippen molar-refractivity contribution in [1.82, 2.24) is 0 Å². The third-order valence-electron chi connectivity index (χ3n) is 4.61. The number of carbonyl (C=O) groups is 1. The van der Waals surface area contributed by atoms with E-state index in [1.807, 2.05) is 0 Å². The van der Waals surface area contributed by atoms with E-state index in [-0.39, 0.29) is 5.56 Å². The van der Waals surface area contributed by atoms with Crippen LogP contribution in [0.2, 0.25) is 0 Å². The summed E-state index contributed by atoms with van der Waals surface area (Å²) >= 11 is 0. The Morgan fingerprint density at radius 3 is 2.70 bits per heavy atom. The molecule has 2 aliphatic rings. The number of carbonyl (C=O) groups excluding carboxylic acids is 1. The summed E-state index contributed by atoms with van der Waals surface area (Å²) in [7, 11) is 0. The smallest absolute Gasteiger partial charge is 0.251 e. The first kappa shape index (κ1) is 13.4. The Bertz CT molecular complexity index is 513. The topological polar surface area (TPSA) is 55.1 Å². The summed E-state index contributed by atoms with van der Waals surface area (Å²) in [6, 6.07) is 4.95. The van der Waals surface area contributed by atoms with Crippen molar-refractivity contribution < 1.29 is 9.18 Å². The molecule has 0 aromatic heterocycles. The molecule has 1 amide bonds. The van der Waals surface area contributed by atoms with Gasteiger partial charge in [0.25, 0.3) is 5.91 Å². The average molecular weight is 276 g/mol. The van der Waals surface area contributed by atoms with E-state index >= 15 is 0 Å². The van der Waals surface area contributed by atoms with Crippen molar-refractivity contribution in [2.75, 3.05) is 5.32 Å². The maximum absolute atomic E-state index is 13.4. The van der Waals surface area contributed by atoms with Crippen LogP contribution in [0, 0.1) is 17.7 Å². The zero-order chi connectivity index (χ0) is 14.1. The zero-order valence-corrected chi connectivity index (χ0v) is 11.6. The molecule has 2 saturated carbocycles. The van der Waals surface area contributed by atoms with Gasteiger partial charge in [0.1, 0.15) is 5.82 Å². The van der Waals surface area contributed by atoms with Crippen molar-refractivity contribution >= 4 is 11.6 Å². The molecule has 1 aromatic carbocycles. The Labute approximate surface area is 118 Å². The van der Waals surface area contributed by atoms with Gasteiger partial charge in [-0.25, -0.2) is 4.39 Å². The number of anilines is 1. The second kappa shape index (κ2) is 5.43. The Morgan fingerprint density at radius 2 is 2.00 bits per heavy atom. The van der Waals surface area contributed by atoms with Gasteiger partial charge in [-0.3, -0.25) is 4.79 Å². The Morgan fingerprint density at radius 1 is 1.20 bits per heavy atom. The lowest BCUT2D eigenvalue weighted by atomic mass is 9.82. The highest BCUT2D eigenvalue weighted by Gasteiger charge is 2.34. The van der Waals surface area contributed by atoms with E-state index in [1.54, 1.807) is 6.07 Å². The van der Waals surface area contributed by atoms with Gasteiger partial charge >= 0.3 is 0 Å². The second-order valence-corrected chi connectivity index (χ2v) is 6.16. The van der Waals surface area contributed by atoms with Gasteiger partial charge in [-0.1, -0.05) is 12.8 Å². The number of rotatable bonds is 4. The van der Waals surface area contributed by atoms with Crippen LogP contribution in [0.3, 0.4) is 0 Å². The third kappa shape index (κ3) is 2.94. The lowest BCUT2D eigenvalue weighted by Crippen LogP contribution is -2.28. The highest BCUT2D eigenvalue weighted by molar-refractivity contribution is 5.94. The summed E-state index contributed by atoms with van der Waals surface area (Å²) in [4.78, 5) is 11.2. The standard InChI is InChI=1S/C16H21FN2O/c17-15-7-6-13(9-14(15)16(18)20)19-12-3-1-2-11(8-12)10-4-5-10/h6-7,9-12,19H,1-5,8H2,(H2,18,20). The first-order valence-corrected chi connectivity index (χ1v) is 7.49. The molecule has 2 fully saturated rings. The largest absolute Gasteiger partial charge is 0.382 e. The minimum Gasteiger partial charge on any atom is -0.382 e. The number of halogens is 1. The molecule has 0 bridgehead atoms.